The number of hydrogen-bond acceptors (Lipinski definition) is 3. The molecule has 0 radical (unpaired) electrons. The monoisotopic (exact) mass is 241 g/mol. The Kier molecular flexibility index (Phi) is 3.30. The Morgan fingerprint density at radius 2 is 1.76 bits per heavy atom. The molecular formula is C14H27NO2. The minimum Gasteiger partial charge on any atom is -0.396 e. The van der Waals surface area contributed by atoms with Crippen molar-refractivity contribution in [2.75, 3.05) is 26.7 Å². The van der Waals surface area contributed by atoms with Crippen LogP contribution in [0.1, 0.15) is 46.0 Å². The maximum absolute atomic E-state index is 11.0. The van der Waals surface area contributed by atoms with Gasteiger partial charge in [-0.1, -0.05) is 13.8 Å². The maximum atomic E-state index is 11.0. The summed E-state index contributed by atoms with van der Waals surface area (Å²) in [6, 6.07) is 0. The third-order valence-corrected chi connectivity index (χ3v) is 4.96. The van der Waals surface area contributed by atoms with Gasteiger partial charge in [0.05, 0.1) is 12.2 Å². The fourth-order valence-electron chi connectivity index (χ4n) is 4.15. The molecule has 0 amide bonds. The molecule has 2 aliphatic rings. The van der Waals surface area contributed by atoms with E-state index in [-0.39, 0.29) is 17.4 Å². The van der Waals surface area contributed by atoms with Gasteiger partial charge in [0.15, 0.2) is 0 Å². The first kappa shape index (κ1) is 13.3. The molecule has 1 unspecified atom stereocenters. The molecule has 2 N–H and O–H groups in total. The second kappa shape index (κ2) is 4.22. The minimum atomic E-state index is -0.651. The lowest BCUT2D eigenvalue weighted by atomic mass is 9.47. The van der Waals surface area contributed by atoms with E-state index in [1.54, 1.807) is 0 Å². The van der Waals surface area contributed by atoms with E-state index in [1.165, 1.54) is 0 Å². The summed E-state index contributed by atoms with van der Waals surface area (Å²) in [4.78, 5) is 2.28. The standard InChI is InChI=1S/C14H27NO2/c1-12(2)9-13(10-12,11-16)14(17)5-4-7-15(3)8-6-14/h16-17H,4-11H2,1-3H3. The van der Waals surface area contributed by atoms with Gasteiger partial charge in [-0.3, -0.25) is 0 Å². The Hall–Kier alpha value is -0.120. The van der Waals surface area contributed by atoms with E-state index >= 15 is 0 Å². The molecule has 3 heteroatoms. The SMILES string of the molecule is CN1CCCC(O)(C2(CO)CC(C)(C)C2)CC1. The van der Waals surface area contributed by atoms with Crippen LogP contribution in [0.4, 0.5) is 0 Å². The molecule has 1 saturated heterocycles. The fourth-order valence-corrected chi connectivity index (χ4v) is 4.15. The molecule has 0 aromatic rings. The predicted molar refractivity (Wildman–Crippen MR) is 68.8 cm³/mol. The van der Waals surface area contributed by atoms with Crippen LogP contribution in [0.2, 0.25) is 0 Å². The molecule has 100 valence electrons. The molecule has 1 aliphatic heterocycles. The summed E-state index contributed by atoms with van der Waals surface area (Å²) in [7, 11) is 2.11. The van der Waals surface area contributed by atoms with Gasteiger partial charge in [-0.15, -0.1) is 0 Å². The van der Waals surface area contributed by atoms with Crippen LogP contribution in [-0.4, -0.2) is 47.5 Å². The van der Waals surface area contributed by atoms with E-state index in [9.17, 15) is 10.2 Å². The van der Waals surface area contributed by atoms with Crippen LogP contribution in [0.5, 0.6) is 0 Å². The molecule has 17 heavy (non-hydrogen) atoms. The van der Waals surface area contributed by atoms with Crippen molar-refractivity contribution in [3.63, 3.8) is 0 Å². The number of rotatable bonds is 2. The Morgan fingerprint density at radius 1 is 1.12 bits per heavy atom. The smallest absolute Gasteiger partial charge is 0.0738 e. The lowest BCUT2D eigenvalue weighted by molar-refractivity contribution is -0.200. The van der Waals surface area contributed by atoms with Gasteiger partial charge in [-0.05, 0) is 51.1 Å². The molecule has 3 nitrogen and oxygen atoms in total. The summed E-state index contributed by atoms with van der Waals surface area (Å²) in [5.41, 5.74) is -0.597. The van der Waals surface area contributed by atoms with Crippen LogP contribution in [0.3, 0.4) is 0 Å². The van der Waals surface area contributed by atoms with Gasteiger partial charge < -0.3 is 15.1 Å². The third-order valence-electron chi connectivity index (χ3n) is 4.96. The van der Waals surface area contributed by atoms with Crippen molar-refractivity contribution < 1.29 is 10.2 Å². The number of aliphatic hydroxyl groups is 2. The van der Waals surface area contributed by atoms with Gasteiger partial charge in [0.2, 0.25) is 0 Å². The van der Waals surface area contributed by atoms with Gasteiger partial charge in [0, 0.05) is 12.0 Å². The normalized spacial score (nSPS) is 37.2. The van der Waals surface area contributed by atoms with Gasteiger partial charge in [-0.2, -0.15) is 0 Å². The van der Waals surface area contributed by atoms with E-state index in [4.69, 9.17) is 0 Å². The van der Waals surface area contributed by atoms with Gasteiger partial charge in [0.25, 0.3) is 0 Å². The molecular weight excluding hydrogens is 214 g/mol. The highest BCUT2D eigenvalue weighted by atomic mass is 16.3. The highest BCUT2D eigenvalue weighted by Gasteiger charge is 2.59. The Bertz CT molecular complexity index is 282. The zero-order valence-corrected chi connectivity index (χ0v) is 11.5. The second-order valence-electron chi connectivity index (χ2n) is 7.14. The number of nitrogens with zero attached hydrogens (tertiary/aromatic N) is 1. The molecule has 1 aliphatic carbocycles. The zero-order chi connectivity index (χ0) is 12.7. The fraction of sp³-hybridized carbons (Fsp3) is 1.00. The van der Waals surface area contributed by atoms with Gasteiger partial charge in [-0.25, -0.2) is 0 Å². The van der Waals surface area contributed by atoms with Crippen LogP contribution < -0.4 is 0 Å². The first-order valence-corrected chi connectivity index (χ1v) is 6.84. The van der Waals surface area contributed by atoms with E-state index in [0.717, 1.165) is 45.2 Å². The first-order valence-electron chi connectivity index (χ1n) is 6.84. The Balaban J connectivity index is 2.13. The number of likely N-dealkylation sites (tertiary alicyclic amines) is 1. The van der Waals surface area contributed by atoms with Crippen LogP contribution in [0, 0.1) is 10.8 Å². The van der Waals surface area contributed by atoms with E-state index in [1.807, 2.05) is 0 Å². The minimum absolute atomic E-state index is 0.136. The molecule has 1 atom stereocenters. The van der Waals surface area contributed by atoms with Crippen LogP contribution in [0.15, 0.2) is 0 Å². The summed E-state index contributed by atoms with van der Waals surface area (Å²) >= 11 is 0. The van der Waals surface area contributed by atoms with E-state index in [0.29, 0.717) is 0 Å². The largest absolute Gasteiger partial charge is 0.396 e. The quantitative estimate of drug-likeness (QED) is 0.772. The molecule has 2 fully saturated rings. The van der Waals surface area contributed by atoms with Crippen LogP contribution in [-0.2, 0) is 0 Å². The average Bonchev–Trinajstić information content (AvgIpc) is 2.38. The van der Waals surface area contributed by atoms with Crippen molar-refractivity contribution in [1.82, 2.24) is 4.90 Å². The van der Waals surface area contributed by atoms with E-state index < -0.39 is 5.60 Å². The number of hydrogen-bond donors (Lipinski definition) is 2. The molecule has 0 spiro atoms. The van der Waals surface area contributed by atoms with Crippen molar-refractivity contribution in [1.29, 1.82) is 0 Å². The van der Waals surface area contributed by atoms with Crippen molar-refractivity contribution in [2.45, 2.75) is 51.6 Å². The third kappa shape index (κ3) is 2.25. The average molecular weight is 241 g/mol. The zero-order valence-electron chi connectivity index (χ0n) is 11.5. The van der Waals surface area contributed by atoms with Gasteiger partial charge in [0.1, 0.15) is 0 Å². The topological polar surface area (TPSA) is 43.7 Å². The Labute approximate surface area is 105 Å². The highest BCUT2D eigenvalue weighted by Crippen LogP contribution is 2.61. The summed E-state index contributed by atoms with van der Waals surface area (Å²) in [5, 5.41) is 20.8. The number of aliphatic hydroxyl groups excluding tert-OH is 1. The molecule has 1 saturated carbocycles. The lowest BCUT2D eigenvalue weighted by Crippen LogP contribution is -2.60. The highest BCUT2D eigenvalue weighted by molar-refractivity contribution is 5.10. The van der Waals surface area contributed by atoms with Crippen LogP contribution in [0.25, 0.3) is 0 Å². The second-order valence-corrected chi connectivity index (χ2v) is 7.14. The van der Waals surface area contributed by atoms with Crippen LogP contribution >= 0.6 is 0 Å². The summed E-state index contributed by atoms with van der Waals surface area (Å²) in [6.07, 6.45) is 4.59. The summed E-state index contributed by atoms with van der Waals surface area (Å²) in [6.45, 7) is 6.60. The molecule has 2 rings (SSSR count). The molecule has 0 bridgehead atoms. The van der Waals surface area contributed by atoms with Crippen molar-refractivity contribution >= 4 is 0 Å². The lowest BCUT2D eigenvalue weighted by Gasteiger charge is -2.60. The predicted octanol–water partition coefficient (Wildman–Crippen LogP) is 1.63. The van der Waals surface area contributed by atoms with Crippen molar-refractivity contribution in [2.24, 2.45) is 10.8 Å². The van der Waals surface area contributed by atoms with Crippen molar-refractivity contribution in [3.8, 4) is 0 Å². The Morgan fingerprint density at radius 3 is 2.29 bits per heavy atom. The molecule has 0 aromatic carbocycles. The molecule has 1 heterocycles. The summed E-state index contributed by atoms with van der Waals surface area (Å²) < 4.78 is 0. The van der Waals surface area contributed by atoms with E-state index in [2.05, 4.69) is 25.8 Å². The molecule has 0 aromatic heterocycles. The summed E-state index contributed by atoms with van der Waals surface area (Å²) in [5.74, 6) is 0. The first-order chi connectivity index (χ1) is 7.83. The maximum Gasteiger partial charge on any atom is 0.0738 e. The van der Waals surface area contributed by atoms with Crippen molar-refractivity contribution in [3.05, 3.63) is 0 Å². The van der Waals surface area contributed by atoms with Gasteiger partial charge >= 0.3 is 0 Å².